The van der Waals surface area contributed by atoms with Crippen LogP contribution in [0.1, 0.15) is 43.6 Å². The van der Waals surface area contributed by atoms with E-state index in [1.54, 1.807) is 5.38 Å². The van der Waals surface area contributed by atoms with Crippen LogP contribution in [0.3, 0.4) is 0 Å². The molecule has 24 heavy (non-hydrogen) atoms. The Kier molecular flexibility index (Phi) is 6.09. The zero-order valence-electron chi connectivity index (χ0n) is 14.4. The lowest BCUT2D eigenvalue weighted by Crippen LogP contribution is -2.28. The highest BCUT2D eigenvalue weighted by molar-refractivity contribution is 7.13. The number of thiazole rings is 1. The van der Waals surface area contributed by atoms with Crippen molar-refractivity contribution in [3.63, 3.8) is 0 Å². The Morgan fingerprint density at radius 1 is 1.21 bits per heavy atom. The molecule has 0 fully saturated rings. The van der Waals surface area contributed by atoms with Gasteiger partial charge in [-0.2, -0.15) is 0 Å². The van der Waals surface area contributed by atoms with Crippen molar-refractivity contribution in [2.24, 2.45) is 5.92 Å². The first-order valence-electron chi connectivity index (χ1n) is 7.97. The minimum absolute atomic E-state index is 0.0579. The molecule has 5 nitrogen and oxygen atoms in total. The predicted octanol–water partition coefficient (Wildman–Crippen LogP) is 3.47. The quantitative estimate of drug-likeness (QED) is 0.842. The summed E-state index contributed by atoms with van der Waals surface area (Å²) in [4.78, 5) is 28.2. The molecule has 0 spiro atoms. The van der Waals surface area contributed by atoms with E-state index in [0.717, 1.165) is 11.1 Å². The second kappa shape index (κ2) is 8.06. The highest BCUT2D eigenvalue weighted by Crippen LogP contribution is 2.19. The number of benzene rings is 1. The van der Waals surface area contributed by atoms with Gasteiger partial charge in [-0.25, -0.2) is 4.98 Å². The van der Waals surface area contributed by atoms with Crippen molar-refractivity contribution in [1.82, 2.24) is 10.3 Å². The molecule has 0 bridgehead atoms. The average Bonchev–Trinajstić information content (AvgIpc) is 2.94. The van der Waals surface area contributed by atoms with Gasteiger partial charge in [0.1, 0.15) is 0 Å². The van der Waals surface area contributed by atoms with Crippen molar-refractivity contribution in [3.8, 4) is 0 Å². The molecule has 2 amide bonds. The molecule has 128 valence electrons. The summed E-state index contributed by atoms with van der Waals surface area (Å²) in [6.07, 6.45) is 0.199. The number of hydrogen-bond acceptors (Lipinski definition) is 4. The zero-order valence-corrected chi connectivity index (χ0v) is 15.2. The van der Waals surface area contributed by atoms with E-state index in [1.165, 1.54) is 11.3 Å². The summed E-state index contributed by atoms with van der Waals surface area (Å²) < 4.78 is 0. The minimum Gasteiger partial charge on any atom is -0.349 e. The first-order valence-corrected chi connectivity index (χ1v) is 8.85. The van der Waals surface area contributed by atoms with Crippen molar-refractivity contribution in [1.29, 1.82) is 0 Å². The Hall–Kier alpha value is -2.21. The number of amides is 2. The SMILES string of the molecule is Cc1ccccc1C(C)NC(=O)Cc1csc(NC(=O)C(C)C)n1. The summed E-state index contributed by atoms with van der Waals surface area (Å²) >= 11 is 1.33. The van der Waals surface area contributed by atoms with Gasteiger partial charge in [0.15, 0.2) is 5.13 Å². The molecule has 1 unspecified atom stereocenters. The number of anilines is 1. The Balaban J connectivity index is 1.92. The van der Waals surface area contributed by atoms with E-state index in [9.17, 15) is 9.59 Å². The molecule has 2 aromatic rings. The maximum absolute atomic E-state index is 12.2. The van der Waals surface area contributed by atoms with Crippen LogP contribution in [-0.2, 0) is 16.0 Å². The molecule has 6 heteroatoms. The number of aromatic nitrogens is 1. The molecular weight excluding hydrogens is 322 g/mol. The maximum Gasteiger partial charge on any atom is 0.228 e. The van der Waals surface area contributed by atoms with Gasteiger partial charge in [-0.3, -0.25) is 9.59 Å². The predicted molar refractivity (Wildman–Crippen MR) is 97.0 cm³/mol. The average molecular weight is 345 g/mol. The molecule has 1 atom stereocenters. The summed E-state index contributed by atoms with van der Waals surface area (Å²) in [6, 6.07) is 7.94. The molecule has 0 aliphatic carbocycles. The van der Waals surface area contributed by atoms with Gasteiger partial charge in [0.05, 0.1) is 18.2 Å². The van der Waals surface area contributed by atoms with Crippen molar-refractivity contribution in [2.45, 2.75) is 40.2 Å². The van der Waals surface area contributed by atoms with Crippen LogP contribution >= 0.6 is 11.3 Å². The summed E-state index contributed by atoms with van der Waals surface area (Å²) in [5, 5.41) is 8.07. The summed E-state index contributed by atoms with van der Waals surface area (Å²) in [6.45, 7) is 7.65. The van der Waals surface area contributed by atoms with Gasteiger partial charge in [0.2, 0.25) is 11.8 Å². The summed E-state index contributed by atoms with van der Waals surface area (Å²) in [7, 11) is 0. The Bertz CT molecular complexity index is 725. The number of hydrogen-bond donors (Lipinski definition) is 2. The normalized spacial score (nSPS) is 12.0. The fraction of sp³-hybridized carbons (Fsp3) is 0.389. The van der Waals surface area contributed by atoms with E-state index in [-0.39, 0.29) is 30.2 Å². The smallest absolute Gasteiger partial charge is 0.228 e. The van der Waals surface area contributed by atoms with Gasteiger partial charge >= 0.3 is 0 Å². The molecule has 0 saturated heterocycles. The molecule has 0 saturated carbocycles. The maximum atomic E-state index is 12.2. The lowest BCUT2D eigenvalue weighted by molar-refractivity contribution is -0.121. The van der Waals surface area contributed by atoms with E-state index in [1.807, 2.05) is 52.0 Å². The third kappa shape index (κ3) is 4.89. The standard InChI is InChI=1S/C18H23N3O2S/c1-11(2)17(23)21-18-20-14(10-24-18)9-16(22)19-13(4)15-8-6-5-7-12(15)3/h5-8,10-11,13H,9H2,1-4H3,(H,19,22)(H,20,21,23). The second-order valence-electron chi connectivity index (χ2n) is 6.11. The largest absolute Gasteiger partial charge is 0.349 e. The van der Waals surface area contributed by atoms with E-state index in [2.05, 4.69) is 15.6 Å². The summed E-state index contributed by atoms with van der Waals surface area (Å²) in [5.74, 6) is -0.262. The number of nitrogens with one attached hydrogen (secondary N) is 2. The van der Waals surface area contributed by atoms with Crippen LogP contribution in [0.15, 0.2) is 29.6 Å². The van der Waals surface area contributed by atoms with Crippen molar-refractivity contribution < 1.29 is 9.59 Å². The van der Waals surface area contributed by atoms with Crippen LogP contribution in [0.4, 0.5) is 5.13 Å². The van der Waals surface area contributed by atoms with Gasteiger partial charge < -0.3 is 10.6 Å². The van der Waals surface area contributed by atoms with E-state index in [0.29, 0.717) is 10.8 Å². The van der Waals surface area contributed by atoms with Crippen LogP contribution in [0.2, 0.25) is 0 Å². The molecule has 2 N–H and O–H groups in total. The molecule has 1 heterocycles. The van der Waals surface area contributed by atoms with Gasteiger partial charge in [-0.05, 0) is 25.0 Å². The van der Waals surface area contributed by atoms with Gasteiger partial charge in [-0.1, -0.05) is 38.1 Å². The molecule has 2 rings (SSSR count). The Labute approximate surface area is 146 Å². The number of carbonyl (C=O) groups is 2. The van der Waals surface area contributed by atoms with Gasteiger partial charge in [0, 0.05) is 11.3 Å². The Morgan fingerprint density at radius 2 is 1.92 bits per heavy atom. The lowest BCUT2D eigenvalue weighted by atomic mass is 10.0. The van der Waals surface area contributed by atoms with Crippen LogP contribution in [0.5, 0.6) is 0 Å². The number of nitrogens with zero attached hydrogens (tertiary/aromatic N) is 1. The second-order valence-corrected chi connectivity index (χ2v) is 6.97. The number of rotatable bonds is 6. The topological polar surface area (TPSA) is 71.1 Å². The van der Waals surface area contributed by atoms with Crippen molar-refractivity contribution in [3.05, 3.63) is 46.5 Å². The van der Waals surface area contributed by atoms with Crippen LogP contribution in [-0.4, -0.2) is 16.8 Å². The highest BCUT2D eigenvalue weighted by Gasteiger charge is 2.14. The number of aryl methyl sites for hydroxylation is 1. The van der Waals surface area contributed by atoms with Crippen LogP contribution in [0, 0.1) is 12.8 Å². The van der Waals surface area contributed by atoms with E-state index < -0.39 is 0 Å². The summed E-state index contributed by atoms with van der Waals surface area (Å²) in [5.41, 5.74) is 2.92. The molecule has 0 aliphatic rings. The third-order valence-electron chi connectivity index (χ3n) is 3.68. The molecule has 1 aromatic carbocycles. The van der Waals surface area contributed by atoms with E-state index >= 15 is 0 Å². The third-order valence-corrected chi connectivity index (χ3v) is 4.49. The monoisotopic (exact) mass is 345 g/mol. The van der Waals surface area contributed by atoms with Crippen molar-refractivity contribution in [2.75, 3.05) is 5.32 Å². The van der Waals surface area contributed by atoms with Crippen molar-refractivity contribution >= 4 is 28.3 Å². The minimum atomic E-state index is -0.101. The number of carbonyl (C=O) groups excluding carboxylic acids is 2. The molecular formula is C18H23N3O2S. The fourth-order valence-corrected chi connectivity index (χ4v) is 3.02. The van der Waals surface area contributed by atoms with Gasteiger partial charge in [0.25, 0.3) is 0 Å². The first kappa shape index (κ1) is 18.1. The molecule has 0 radical (unpaired) electrons. The highest BCUT2D eigenvalue weighted by atomic mass is 32.1. The van der Waals surface area contributed by atoms with Crippen LogP contribution in [0.25, 0.3) is 0 Å². The zero-order chi connectivity index (χ0) is 17.7. The molecule has 0 aliphatic heterocycles. The molecule has 1 aromatic heterocycles. The first-order chi connectivity index (χ1) is 11.4. The van der Waals surface area contributed by atoms with Crippen LogP contribution < -0.4 is 10.6 Å². The van der Waals surface area contributed by atoms with E-state index in [4.69, 9.17) is 0 Å². The fourth-order valence-electron chi connectivity index (χ4n) is 2.30. The lowest BCUT2D eigenvalue weighted by Gasteiger charge is -2.16. The Morgan fingerprint density at radius 3 is 2.58 bits per heavy atom. The van der Waals surface area contributed by atoms with Gasteiger partial charge in [-0.15, -0.1) is 11.3 Å².